The quantitative estimate of drug-likeness (QED) is 0.255. The highest BCUT2D eigenvalue weighted by atomic mass is 19.1. The number of methoxy groups -OCH3 is 1. The van der Waals surface area contributed by atoms with E-state index in [2.05, 4.69) is 0 Å². The molecule has 5 nitrogen and oxygen atoms in total. The van der Waals surface area contributed by atoms with Gasteiger partial charge in [0.05, 0.1) is 18.4 Å². The van der Waals surface area contributed by atoms with Crippen LogP contribution in [0.2, 0.25) is 0 Å². The van der Waals surface area contributed by atoms with E-state index in [-0.39, 0.29) is 11.7 Å². The molecule has 0 radical (unpaired) electrons. The molecule has 4 aromatic rings. The van der Waals surface area contributed by atoms with E-state index in [1.807, 2.05) is 30.3 Å². The summed E-state index contributed by atoms with van der Waals surface area (Å²) in [6.07, 6.45) is 3.48. The van der Waals surface area contributed by atoms with E-state index in [1.165, 1.54) is 19.2 Å². The van der Waals surface area contributed by atoms with Gasteiger partial charge in [-0.1, -0.05) is 42.5 Å². The fourth-order valence-corrected chi connectivity index (χ4v) is 3.91. The summed E-state index contributed by atoms with van der Waals surface area (Å²) < 4.78 is 24.2. The van der Waals surface area contributed by atoms with Gasteiger partial charge in [-0.05, 0) is 66.2 Å². The number of furan rings is 1. The van der Waals surface area contributed by atoms with Crippen molar-refractivity contribution in [3.8, 4) is 11.3 Å². The molecule has 0 fully saturated rings. The van der Waals surface area contributed by atoms with Crippen molar-refractivity contribution in [2.75, 3.05) is 12.0 Å². The van der Waals surface area contributed by atoms with Crippen molar-refractivity contribution in [2.24, 2.45) is 0 Å². The molecule has 3 aromatic carbocycles. The van der Waals surface area contributed by atoms with Crippen molar-refractivity contribution in [1.82, 2.24) is 0 Å². The standard InChI is InChI=1S/C29H20FNO4/c1-34-29(33)21-9-7-20(8-10-21)27-16-15-25(35-27)17-22-18-26(19-5-3-2-4-6-19)31(28(22)32)24-13-11-23(30)12-14-24/h2-18H,1H3/b22-17+. The Morgan fingerprint density at radius 3 is 2.29 bits per heavy atom. The molecule has 0 spiro atoms. The monoisotopic (exact) mass is 465 g/mol. The van der Waals surface area contributed by atoms with Crippen LogP contribution in [0.25, 0.3) is 23.1 Å². The number of hydrogen-bond acceptors (Lipinski definition) is 4. The van der Waals surface area contributed by atoms with Crippen molar-refractivity contribution in [3.63, 3.8) is 0 Å². The number of amides is 1. The first-order valence-electron chi connectivity index (χ1n) is 10.9. The Hall–Kier alpha value is -4.71. The van der Waals surface area contributed by atoms with Crippen LogP contribution in [0.1, 0.15) is 21.7 Å². The Balaban J connectivity index is 1.48. The molecular weight excluding hydrogens is 445 g/mol. The Kier molecular flexibility index (Phi) is 5.85. The second-order valence-corrected chi connectivity index (χ2v) is 7.88. The number of benzene rings is 3. The molecule has 0 atom stereocenters. The number of esters is 1. The molecule has 1 amide bonds. The molecule has 2 heterocycles. The highest BCUT2D eigenvalue weighted by molar-refractivity contribution is 6.23. The third-order valence-corrected chi connectivity index (χ3v) is 5.65. The zero-order valence-electron chi connectivity index (χ0n) is 18.8. The van der Waals surface area contributed by atoms with Gasteiger partial charge in [-0.2, -0.15) is 0 Å². The Morgan fingerprint density at radius 2 is 1.60 bits per heavy atom. The Labute approximate surface area is 201 Å². The normalized spacial score (nSPS) is 14.3. The maximum atomic E-state index is 13.5. The van der Waals surface area contributed by atoms with E-state index in [1.54, 1.807) is 65.6 Å². The summed E-state index contributed by atoms with van der Waals surface area (Å²) in [4.78, 5) is 26.6. The van der Waals surface area contributed by atoms with E-state index in [4.69, 9.17) is 9.15 Å². The van der Waals surface area contributed by atoms with Crippen molar-refractivity contribution < 1.29 is 23.1 Å². The summed E-state index contributed by atoms with van der Waals surface area (Å²) in [5.41, 5.74) is 3.79. The number of nitrogens with zero attached hydrogens (tertiary/aromatic N) is 1. The average Bonchev–Trinajstić information content (AvgIpc) is 3.49. The Bertz CT molecular complexity index is 1450. The van der Waals surface area contributed by atoms with Gasteiger partial charge >= 0.3 is 5.97 Å². The average molecular weight is 465 g/mol. The van der Waals surface area contributed by atoms with Gasteiger partial charge in [-0.3, -0.25) is 9.69 Å². The minimum Gasteiger partial charge on any atom is -0.465 e. The summed E-state index contributed by atoms with van der Waals surface area (Å²) in [6, 6.07) is 25.8. The van der Waals surface area contributed by atoms with Gasteiger partial charge in [0.2, 0.25) is 0 Å². The second-order valence-electron chi connectivity index (χ2n) is 7.88. The molecule has 0 N–H and O–H groups in total. The van der Waals surface area contributed by atoms with Crippen molar-refractivity contribution in [1.29, 1.82) is 0 Å². The minimum atomic E-state index is -0.409. The first kappa shape index (κ1) is 22.1. The summed E-state index contributed by atoms with van der Waals surface area (Å²) in [5.74, 6) is 0.0826. The number of anilines is 1. The third kappa shape index (κ3) is 4.42. The SMILES string of the molecule is COC(=O)c1ccc(-c2ccc(/C=C3\C=C(c4ccccc4)N(c4ccc(F)cc4)C3=O)o2)cc1. The second kappa shape index (κ2) is 9.27. The number of carbonyl (C=O) groups is 2. The van der Waals surface area contributed by atoms with E-state index in [9.17, 15) is 14.0 Å². The summed E-state index contributed by atoms with van der Waals surface area (Å²) in [5, 5.41) is 0. The maximum Gasteiger partial charge on any atom is 0.337 e. The van der Waals surface area contributed by atoms with E-state index >= 15 is 0 Å². The maximum absolute atomic E-state index is 13.5. The van der Waals surface area contributed by atoms with Gasteiger partial charge in [0.15, 0.2) is 0 Å². The molecule has 0 saturated heterocycles. The fraction of sp³-hybridized carbons (Fsp3) is 0.0345. The topological polar surface area (TPSA) is 59.8 Å². The lowest BCUT2D eigenvalue weighted by atomic mass is 10.1. The molecule has 172 valence electrons. The van der Waals surface area contributed by atoms with Gasteiger partial charge in [0.1, 0.15) is 17.3 Å². The van der Waals surface area contributed by atoms with Crippen LogP contribution in [-0.4, -0.2) is 19.0 Å². The molecule has 6 heteroatoms. The van der Waals surface area contributed by atoms with Gasteiger partial charge < -0.3 is 9.15 Å². The molecular formula is C29H20FNO4. The summed E-state index contributed by atoms with van der Waals surface area (Å²) in [6.45, 7) is 0. The summed E-state index contributed by atoms with van der Waals surface area (Å²) in [7, 11) is 1.34. The smallest absolute Gasteiger partial charge is 0.337 e. The first-order chi connectivity index (χ1) is 17.0. The molecule has 1 aliphatic heterocycles. The van der Waals surface area contributed by atoms with Crippen LogP contribution in [-0.2, 0) is 9.53 Å². The molecule has 5 rings (SSSR count). The van der Waals surface area contributed by atoms with Crippen LogP contribution in [0.4, 0.5) is 10.1 Å². The van der Waals surface area contributed by atoms with Gasteiger partial charge in [0, 0.05) is 16.8 Å². The van der Waals surface area contributed by atoms with Gasteiger partial charge in [-0.25, -0.2) is 9.18 Å². The van der Waals surface area contributed by atoms with E-state index < -0.39 is 5.97 Å². The van der Waals surface area contributed by atoms with Gasteiger partial charge in [-0.15, -0.1) is 0 Å². The number of ether oxygens (including phenoxy) is 1. The lowest BCUT2D eigenvalue weighted by Crippen LogP contribution is -2.24. The fourth-order valence-electron chi connectivity index (χ4n) is 3.91. The third-order valence-electron chi connectivity index (χ3n) is 5.65. The largest absolute Gasteiger partial charge is 0.465 e. The number of carbonyl (C=O) groups excluding carboxylic acids is 2. The van der Waals surface area contributed by atoms with Crippen LogP contribution in [0, 0.1) is 5.82 Å². The molecule has 35 heavy (non-hydrogen) atoms. The molecule has 0 bridgehead atoms. The van der Waals surface area contributed by atoms with Crippen molar-refractivity contribution >= 4 is 29.3 Å². The van der Waals surface area contributed by atoms with Crippen molar-refractivity contribution in [2.45, 2.75) is 0 Å². The van der Waals surface area contributed by atoms with Crippen LogP contribution in [0.15, 0.2) is 107 Å². The van der Waals surface area contributed by atoms with E-state index in [0.717, 1.165) is 11.1 Å². The number of hydrogen-bond donors (Lipinski definition) is 0. The lowest BCUT2D eigenvalue weighted by Gasteiger charge is -2.20. The van der Waals surface area contributed by atoms with Gasteiger partial charge in [0.25, 0.3) is 5.91 Å². The van der Waals surface area contributed by atoms with Crippen molar-refractivity contribution in [3.05, 3.63) is 125 Å². The van der Waals surface area contributed by atoms with Crippen LogP contribution in [0.5, 0.6) is 0 Å². The zero-order chi connectivity index (χ0) is 24.4. The van der Waals surface area contributed by atoms with Crippen LogP contribution in [0.3, 0.4) is 0 Å². The molecule has 0 saturated carbocycles. The predicted molar refractivity (Wildman–Crippen MR) is 132 cm³/mol. The van der Waals surface area contributed by atoms with E-state index in [0.29, 0.717) is 34.0 Å². The first-order valence-corrected chi connectivity index (χ1v) is 10.9. The molecule has 1 aromatic heterocycles. The predicted octanol–water partition coefficient (Wildman–Crippen LogP) is 6.34. The summed E-state index contributed by atoms with van der Waals surface area (Å²) >= 11 is 0. The highest BCUT2D eigenvalue weighted by Crippen LogP contribution is 2.35. The Morgan fingerprint density at radius 1 is 0.886 bits per heavy atom. The van der Waals surface area contributed by atoms with Crippen LogP contribution >= 0.6 is 0 Å². The highest BCUT2D eigenvalue weighted by Gasteiger charge is 2.30. The molecule has 1 aliphatic rings. The molecule has 0 unspecified atom stereocenters. The number of halogens is 1. The number of rotatable bonds is 5. The molecule has 0 aliphatic carbocycles. The minimum absolute atomic E-state index is 0.240. The zero-order valence-corrected chi connectivity index (χ0v) is 18.8. The lowest BCUT2D eigenvalue weighted by molar-refractivity contribution is -0.113. The van der Waals surface area contributed by atoms with Crippen LogP contribution < -0.4 is 4.90 Å².